The van der Waals surface area contributed by atoms with Gasteiger partial charge in [0.05, 0.1) is 17.1 Å². The van der Waals surface area contributed by atoms with Crippen LogP contribution < -0.4 is 0 Å². The largest absolute Gasteiger partial charge is 0.371 e. The van der Waals surface area contributed by atoms with Crippen LogP contribution in [0.2, 0.25) is 0 Å². The summed E-state index contributed by atoms with van der Waals surface area (Å²) in [5.41, 5.74) is 1.03. The number of hydrogen-bond donors (Lipinski definition) is 0. The van der Waals surface area contributed by atoms with Gasteiger partial charge in [-0.2, -0.15) is 8.42 Å². The predicted octanol–water partition coefficient (Wildman–Crippen LogP) is 2.50. The zero-order valence-corrected chi connectivity index (χ0v) is 13.4. The zero-order chi connectivity index (χ0) is 14.6. The zero-order valence-electron chi connectivity index (χ0n) is 11.8. The summed E-state index contributed by atoms with van der Waals surface area (Å²) in [6, 6.07) is 6.80. The van der Waals surface area contributed by atoms with Crippen LogP contribution in [0, 0.1) is 6.92 Å². The molecule has 3 aliphatic heterocycles. The van der Waals surface area contributed by atoms with Crippen LogP contribution in [-0.4, -0.2) is 37.2 Å². The van der Waals surface area contributed by atoms with Crippen molar-refractivity contribution in [3.8, 4) is 0 Å². The number of rotatable bonds is 3. The van der Waals surface area contributed by atoms with Crippen LogP contribution in [0.15, 0.2) is 29.2 Å². The van der Waals surface area contributed by atoms with Crippen molar-refractivity contribution in [2.24, 2.45) is 0 Å². The molecule has 4 rings (SSSR count). The Morgan fingerprint density at radius 1 is 1.14 bits per heavy atom. The lowest BCUT2D eigenvalue weighted by Crippen LogP contribution is -2.43. The first-order valence-corrected chi connectivity index (χ1v) is 9.69. The van der Waals surface area contributed by atoms with Crippen LogP contribution in [0.1, 0.15) is 24.8 Å². The average molecular weight is 326 g/mol. The molecule has 3 aliphatic rings. The molecule has 0 N–H and O–H groups in total. The molecular formula is C15H18O4S2. The van der Waals surface area contributed by atoms with Gasteiger partial charge in [-0.05, 0) is 38.3 Å². The van der Waals surface area contributed by atoms with E-state index in [2.05, 4.69) is 0 Å². The van der Waals surface area contributed by atoms with Crippen LogP contribution in [0.5, 0.6) is 0 Å². The third kappa shape index (κ3) is 2.42. The maximum Gasteiger partial charge on any atom is 0.297 e. The molecule has 1 aromatic rings. The summed E-state index contributed by atoms with van der Waals surface area (Å²) >= 11 is 1.85. The number of aryl methyl sites for hydroxylation is 1. The van der Waals surface area contributed by atoms with Crippen molar-refractivity contribution in [2.45, 2.75) is 59.9 Å². The van der Waals surface area contributed by atoms with Gasteiger partial charge in [0.2, 0.25) is 0 Å². The smallest absolute Gasteiger partial charge is 0.297 e. The van der Waals surface area contributed by atoms with Crippen molar-refractivity contribution < 1.29 is 17.3 Å². The quantitative estimate of drug-likeness (QED) is 0.799. The number of hydrogen-bond acceptors (Lipinski definition) is 5. The van der Waals surface area contributed by atoms with Gasteiger partial charge in [0, 0.05) is 10.5 Å². The molecule has 0 radical (unpaired) electrons. The Morgan fingerprint density at radius 3 is 2.67 bits per heavy atom. The lowest BCUT2D eigenvalue weighted by Gasteiger charge is -2.36. The summed E-state index contributed by atoms with van der Waals surface area (Å²) in [5.74, 6) is 0. The molecule has 0 aromatic heterocycles. The van der Waals surface area contributed by atoms with Crippen LogP contribution in [0.25, 0.3) is 0 Å². The minimum atomic E-state index is -3.72. The summed E-state index contributed by atoms with van der Waals surface area (Å²) in [4.78, 5) is 0.229. The molecule has 3 fully saturated rings. The number of thioether (sulfide) groups is 1. The Bertz CT molecular complexity index is 632. The van der Waals surface area contributed by atoms with E-state index in [1.54, 1.807) is 24.3 Å². The summed E-state index contributed by atoms with van der Waals surface area (Å²) in [6.45, 7) is 1.93. The van der Waals surface area contributed by atoms with Gasteiger partial charge in [0.25, 0.3) is 10.1 Å². The summed E-state index contributed by atoms with van der Waals surface area (Å²) in [6.07, 6.45) is 2.82. The van der Waals surface area contributed by atoms with Crippen molar-refractivity contribution in [3.05, 3.63) is 29.8 Å². The molecule has 0 aliphatic carbocycles. The van der Waals surface area contributed by atoms with Crippen molar-refractivity contribution in [1.29, 1.82) is 0 Å². The highest BCUT2D eigenvalue weighted by Crippen LogP contribution is 2.50. The van der Waals surface area contributed by atoms with E-state index in [-0.39, 0.29) is 22.4 Å². The van der Waals surface area contributed by atoms with E-state index in [1.165, 1.54) is 0 Å². The van der Waals surface area contributed by atoms with E-state index >= 15 is 0 Å². The van der Waals surface area contributed by atoms with E-state index in [0.717, 1.165) is 24.8 Å². The average Bonchev–Trinajstić information content (AvgIpc) is 2.75. The number of fused-ring (bicyclic) bond motifs is 2. The Kier molecular flexibility index (Phi) is 3.33. The second-order valence-electron chi connectivity index (χ2n) is 6.07. The van der Waals surface area contributed by atoms with Gasteiger partial charge in [-0.1, -0.05) is 17.7 Å². The fourth-order valence-electron chi connectivity index (χ4n) is 3.49. The lowest BCUT2D eigenvalue weighted by atomic mass is 9.97. The van der Waals surface area contributed by atoms with E-state index in [0.29, 0.717) is 11.4 Å². The van der Waals surface area contributed by atoms with Gasteiger partial charge < -0.3 is 4.74 Å². The maximum atomic E-state index is 12.5. The highest BCUT2D eigenvalue weighted by atomic mass is 32.2. The number of ether oxygens (including phenoxy) is 1. The lowest BCUT2D eigenvalue weighted by molar-refractivity contribution is -0.00376. The van der Waals surface area contributed by atoms with Gasteiger partial charge >= 0.3 is 0 Å². The van der Waals surface area contributed by atoms with Crippen molar-refractivity contribution in [3.63, 3.8) is 0 Å². The molecule has 114 valence electrons. The monoisotopic (exact) mass is 326 g/mol. The molecular weight excluding hydrogens is 308 g/mol. The predicted molar refractivity (Wildman–Crippen MR) is 80.9 cm³/mol. The molecule has 4 nitrogen and oxygen atoms in total. The second kappa shape index (κ2) is 4.98. The topological polar surface area (TPSA) is 52.6 Å². The van der Waals surface area contributed by atoms with E-state index in [9.17, 15) is 8.42 Å². The molecule has 0 amide bonds. The summed E-state index contributed by atoms with van der Waals surface area (Å²) < 4.78 is 36.5. The van der Waals surface area contributed by atoms with E-state index in [1.807, 2.05) is 18.7 Å². The summed E-state index contributed by atoms with van der Waals surface area (Å²) in [5, 5.41) is 0.781. The van der Waals surface area contributed by atoms with Gasteiger partial charge in [-0.15, -0.1) is 11.8 Å². The minimum absolute atomic E-state index is 0.0611. The minimum Gasteiger partial charge on any atom is -0.371 e. The molecule has 0 spiro atoms. The molecule has 3 saturated heterocycles. The van der Waals surface area contributed by atoms with Gasteiger partial charge in [-0.25, -0.2) is 0 Å². The van der Waals surface area contributed by atoms with Gasteiger partial charge in [0.15, 0.2) is 0 Å². The van der Waals surface area contributed by atoms with Gasteiger partial charge in [0.1, 0.15) is 6.10 Å². The molecule has 6 heteroatoms. The Labute approximate surface area is 129 Å². The van der Waals surface area contributed by atoms with Crippen LogP contribution in [-0.2, 0) is 19.0 Å². The first kappa shape index (κ1) is 14.1. The van der Waals surface area contributed by atoms with Crippen LogP contribution in [0.4, 0.5) is 0 Å². The summed E-state index contributed by atoms with van der Waals surface area (Å²) in [7, 11) is -3.72. The van der Waals surface area contributed by atoms with E-state index < -0.39 is 10.1 Å². The third-order valence-corrected chi connectivity index (χ3v) is 7.62. The molecule has 5 atom stereocenters. The first-order valence-electron chi connectivity index (χ1n) is 7.34. The molecule has 3 bridgehead atoms. The molecule has 1 aromatic carbocycles. The third-order valence-electron chi connectivity index (χ3n) is 4.59. The normalized spacial score (nSPS) is 37.9. The van der Waals surface area contributed by atoms with E-state index in [4.69, 9.17) is 8.92 Å². The van der Waals surface area contributed by atoms with Crippen LogP contribution >= 0.6 is 11.8 Å². The first-order chi connectivity index (χ1) is 10.0. The molecule has 5 unspecified atom stereocenters. The molecule has 3 heterocycles. The Balaban J connectivity index is 1.59. The van der Waals surface area contributed by atoms with Crippen LogP contribution in [0.3, 0.4) is 0 Å². The van der Waals surface area contributed by atoms with Gasteiger partial charge in [-0.3, -0.25) is 4.18 Å². The number of benzene rings is 1. The Hall–Kier alpha value is -0.560. The molecule has 21 heavy (non-hydrogen) atoms. The fraction of sp³-hybridized carbons (Fsp3) is 0.600. The van der Waals surface area contributed by atoms with Crippen molar-refractivity contribution in [2.75, 3.05) is 0 Å². The highest BCUT2D eigenvalue weighted by molar-refractivity contribution is 8.00. The van der Waals surface area contributed by atoms with Crippen molar-refractivity contribution >= 4 is 21.9 Å². The second-order valence-corrected chi connectivity index (χ2v) is 9.12. The molecule has 0 saturated carbocycles. The SMILES string of the molecule is Cc1ccc(S(=O)(=O)OC2C3CC4SC2CCC4O3)cc1. The fourth-order valence-corrected chi connectivity index (χ4v) is 6.47. The standard InChI is InChI=1S/C15H18O4S2/c1-9-2-4-10(5-3-9)21(16,17)19-15-12-8-14-11(18-12)6-7-13(15)20-14/h2-5,11-15H,6-8H2,1H3. The highest BCUT2D eigenvalue weighted by Gasteiger charge is 2.53. The maximum absolute atomic E-state index is 12.5. The van der Waals surface area contributed by atoms with Crippen molar-refractivity contribution in [1.82, 2.24) is 0 Å². The Morgan fingerprint density at radius 2 is 1.90 bits per heavy atom.